The van der Waals surface area contributed by atoms with Crippen LogP contribution in [-0.2, 0) is 0 Å². The summed E-state index contributed by atoms with van der Waals surface area (Å²) >= 11 is 0. The number of hydrogen-bond donors (Lipinski definition) is 2. The fourth-order valence-electron chi connectivity index (χ4n) is 2.09. The van der Waals surface area contributed by atoms with Crippen LogP contribution in [0.15, 0.2) is 6.20 Å². The van der Waals surface area contributed by atoms with E-state index in [9.17, 15) is 0 Å². The van der Waals surface area contributed by atoms with E-state index in [0.29, 0.717) is 6.04 Å². The molecule has 1 saturated heterocycles. The number of aromatic nitrogens is 2. The maximum Gasteiger partial charge on any atom is 0.124 e. The number of hydrogen-bond acceptors (Lipinski definition) is 2. The van der Waals surface area contributed by atoms with Crippen LogP contribution in [0.4, 0.5) is 5.82 Å². The molecule has 1 aliphatic heterocycles. The molecule has 0 saturated carbocycles. The Morgan fingerprint density at radius 3 is 2.64 bits per heavy atom. The van der Waals surface area contributed by atoms with Gasteiger partial charge in [-0.25, -0.2) is 4.68 Å². The molecule has 1 aromatic heterocycles. The summed E-state index contributed by atoms with van der Waals surface area (Å²) in [5.41, 5.74) is 7.06. The van der Waals surface area contributed by atoms with Gasteiger partial charge < -0.3 is 10.6 Å². The van der Waals surface area contributed by atoms with Crippen molar-refractivity contribution in [3.05, 3.63) is 11.8 Å². The molecule has 0 atom stereocenters. The van der Waals surface area contributed by atoms with E-state index >= 15 is 0 Å². The Kier molecular flexibility index (Phi) is 2.46. The lowest BCUT2D eigenvalue weighted by atomic mass is 10.1. The first-order valence-corrected chi connectivity index (χ1v) is 5.29. The van der Waals surface area contributed by atoms with Crippen LogP contribution >= 0.6 is 0 Å². The molecule has 78 valence electrons. The normalized spacial score (nSPS) is 27.9. The first-order valence-electron chi connectivity index (χ1n) is 5.29. The molecule has 1 aromatic rings. The standard InChI is InChI=1S/C10H18N4/c1-8-7-12-14(10(8)11)9-3-5-13(2)6-4-9/h7,9H,3-6,11H2,1-2H3/p+1. The van der Waals surface area contributed by atoms with Crippen molar-refractivity contribution in [2.24, 2.45) is 0 Å². The van der Waals surface area contributed by atoms with Crippen molar-refractivity contribution in [3.63, 3.8) is 0 Å². The van der Waals surface area contributed by atoms with E-state index < -0.39 is 0 Å². The van der Waals surface area contributed by atoms with Crippen LogP contribution in [0.1, 0.15) is 24.4 Å². The molecule has 3 N–H and O–H groups in total. The zero-order valence-electron chi connectivity index (χ0n) is 8.95. The Bertz CT molecular complexity index is 310. The van der Waals surface area contributed by atoms with Crippen LogP contribution in [0, 0.1) is 6.92 Å². The summed E-state index contributed by atoms with van der Waals surface area (Å²) < 4.78 is 2.00. The molecule has 2 heterocycles. The van der Waals surface area contributed by atoms with Crippen molar-refractivity contribution >= 4 is 5.82 Å². The zero-order chi connectivity index (χ0) is 10.1. The minimum atomic E-state index is 0.521. The van der Waals surface area contributed by atoms with Gasteiger partial charge in [0.1, 0.15) is 5.82 Å². The average Bonchev–Trinajstić information content (AvgIpc) is 2.50. The Labute approximate surface area is 84.7 Å². The minimum Gasteiger partial charge on any atom is -0.384 e. The second-order valence-electron chi connectivity index (χ2n) is 4.35. The van der Waals surface area contributed by atoms with Crippen LogP contribution in [-0.4, -0.2) is 29.9 Å². The van der Waals surface area contributed by atoms with E-state index in [-0.39, 0.29) is 0 Å². The van der Waals surface area contributed by atoms with E-state index in [1.54, 1.807) is 4.90 Å². The van der Waals surface area contributed by atoms with Crippen LogP contribution in [0.3, 0.4) is 0 Å². The topological polar surface area (TPSA) is 48.3 Å². The van der Waals surface area contributed by atoms with Crippen LogP contribution in [0.2, 0.25) is 0 Å². The predicted octanol–water partition coefficient (Wildman–Crippen LogP) is -0.377. The van der Waals surface area contributed by atoms with Gasteiger partial charge in [0, 0.05) is 18.4 Å². The first kappa shape index (κ1) is 9.52. The molecule has 0 spiro atoms. The van der Waals surface area contributed by atoms with Gasteiger partial charge in [-0.2, -0.15) is 5.10 Å². The van der Waals surface area contributed by atoms with Crippen molar-refractivity contribution in [1.82, 2.24) is 9.78 Å². The van der Waals surface area contributed by atoms with E-state index in [0.717, 1.165) is 11.4 Å². The van der Waals surface area contributed by atoms with Gasteiger partial charge in [0.05, 0.1) is 32.4 Å². The molecule has 4 heteroatoms. The van der Waals surface area contributed by atoms with Gasteiger partial charge in [0.25, 0.3) is 0 Å². The minimum absolute atomic E-state index is 0.521. The summed E-state index contributed by atoms with van der Waals surface area (Å²) in [7, 11) is 2.24. The SMILES string of the molecule is Cc1cnn(C2CC[NH+](C)CC2)c1N. The van der Waals surface area contributed by atoms with Gasteiger partial charge in [0.15, 0.2) is 0 Å². The number of nitrogens with one attached hydrogen (secondary N) is 1. The highest BCUT2D eigenvalue weighted by Crippen LogP contribution is 2.21. The predicted molar refractivity (Wildman–Crippen MR) is 56.3 cm³/mol. The van der Waals surface area contributed by atoms with Gasteiger partial charge in [0.2, 0.25) is 0 Å². The number of quaternary nitrogens is 1. The molecule has 0 aliphatic carbocycles. The molecule has 0 aromatic carbocycles. The number of nitrogen functional groups attached to an aromatic ring is 1. The maximum atomic E-state index is 5.96. The smallest absolute Gasteiger partial charge is 0.124 e. The van der Waals surface area contributed by atoms with Crippen molar-refractivity contribution in [2.75, 3.05) is 25.9 Å². The lowest BCUT2D eigenvalue weighted by Gasteiger charge is -2.27. The summed E-state index contributed by atoms with van der Waals surface area (Å²) in [5, 5.41) is 4.35. The second kappa shape index (κ2) is 3.61. The molecule has 0 unspecified atom stereocenters. The zero-order valence-corrected chi connectivity index (χ0v) is 8.95. The Morgan fingerprint density at radius 2 is 2.14 bits per heavy atom. The largest absolute Gasteiger partial charge is 0.384 e. The van der Waals surface area contributed by atoms with Gasteiger partial charge in [-0.3, -0.25) is 0 Å². The molecular weight excluding hydrogens is 176 g/mol. The van der Waals surface area contributed by atoms with E-state index in [1.807, 2.05) is 17.8 Å². The fraction of sp³-hybridized carbons (Fsp3) is 0.700. The average molecular weight is 195 g/mol. The molecule has 1 aliphatic rings. The number of aryl methyl sites for hydroxylation is 1. The number of piperidine rings is 1. The van der Waals surface area contributed by atoms with Gasteiger partial charge in [-0.1, -0.05) is 0 Å². The van der Waals surface area contributed by atoms with E-state index in [2.05, 4.69) is 12.1 Å². The van der Waals surface area contributed by atoms with Gasteiger partial charge in [-0.15, -0.1) is 0 Å². The molecular formula is C10H19N4+. The van der Waals surface area contributed by atoms with Crippen molar-refractivity contribution < 1.29 is 4.90 Å². The van der Waals surface area contributed by atoms with Crippen LogP contribution in [0.25, 0.3) is 0 Å². The van der Waals surface area contributed by atoms with Crippen molar-refractivity contribution in [3.8, 4) is 0 Å². The Morgan fingerprint density at radius 1 is 1.50 bits per heavy atom. The van der Waals surface area contributed by atoms with Crippen LogP contribution in [0.5, 0.6) is 0 Å². The molecule has 2 rings (SSSR count). The summed E-state index contributed by atoms with van der Waals surface area (Å²) in [6.07, 6.45) is 4.24. The molecule has 1 fully saturated rings. The molecule has 14 heavy (non-hydrogen) atoms. The Balaban J connectivity index is 2.12. The Hall–Kier alpha value is -1.03. The van der Waals surface area contributed by atoms with Crippen molar-refractivity contribution in [1.29, 1.82) is 0 Å². The highest BCUT2D eigenvalue weighted by Gasteiger charge is 2.22. The molecule has 4 nitrogen and oxygen atoms in total. The summed E-state index contributed by atoms with van der Waals surface area (Å²) in [6.45, 7) is 4.46. The monoisotopic (exact) mass is 195 g/mol. The number of nitrogens with zero attached hydrogens (tertiary/aromatic N) is 2. The third-order valence-electron chi connectivity index (χ3n) is 3.18. The number of nitrogens with two attached hydrogens (primary N) is 1. The highest BCUT2D eigenvalue weighted by molar-refractivity contribution is 5.37. The lowest BCUT2D eigenvalue weighted by Crippen LogP contribution is -3.10. The van der Waals surface area contributed by atoms with Gasteiger partial charge >= 0.3 is 0 Å². The maximum absolute atomic E-state index is 5.96. The first-order chi connectivity index (χ1) is 6.68. The van der Waals surface area contributed by atoms with Gasteiger partial charge in [-0.05, 0) is 6.92 Å². The third kappa shape index (κ3) is 1.62. The summed E-state index contributed by atoms with van der Waals surface area (Å²) in [6, 6.07) is 0.521. The fourth-order valence-corrected chi connectivity index (χ4v) is 2.09. The lowest BCUT2D eigenvalue weighted by molar-refractivity contribution is -0.885. The summed E-state index contributed by atoms with van der Waals surface area (Å²) in [4.78, 5) is 1.61. The number of likely N-dealkylation sites (tertiary alicyclic amines) is 1. The highest BCUT2D eigenvalue weighted by atomic mass is 15.3. The molecule has 0 amide bonds. The summed E-state index contributed by atoms with van der Waals surface area (Å²) in [5.74, 6) is 0.842. The third-order valence-corrected chi connectivity index (χ3v) is 3.18. The van der Waals surface area contributed by atoms with Crippen molar-refractivity contribution in [2.45, 2.75) is 25.8 Å². The van der Waals surface area contributed by atoms with Crippen LogP contribution < -0.4 is 10.6 Å². The number of rotatable bonds is 1. The second-order valence-corrected chi connectivity index (χ2v) is 4.35. The molecule has 0 radical (unpaired) electrons. The van der Waals surface area contributed by atoms with E-state index in [4.69, 9.17) is 5.73 Å². The quantitative estimate of drug-likeness (QED) is 0.642. The molecule has 0 bridgehead atoms. The number of anilines is 1. The van der Waals surface area contributed by atoms with E-state index in [1.165, 1.54) is 25.9 Å².